The van der Waals surface area contributed by atoms with Crippen molar-refractivity contribution in [1.82, 2.24) is 0 Å². The van der Waals surface area contributed by atoms with Crippen LogP contribution in [0.4, 0.5) is 0 Å². The minimum atomic E-state index is -0.142. The van der Waals surface area contributed by atoms with E-state index in [2.05, 4.69) is 5.73 Å². The Bertz CT molecular complexity index is 374. The first-order chi connectivity index (χ1) is 10.1. The summed E-state index contributed by atoms with van der Waals surface area (Å²) in [5.41, 5.74) is 5.13. The molecule has 0 aromatic carbocycles. The van der Waals surface area contributed by atoms with Gasteiger partial charge in [0.1, 0.15) is 5.78 Å². The molecular weight excluding hydrogens is 268 g/mol. The predicted molar refractivity (Wildman–Crippen MR) is 82.3 cm³/mol. The van der Waals surface area contributed by atoms with E-state index in [4.69, 9.17) is 10.1 Å². The Morgan fingerprint density at radius 1 is 1.05 bits per heavy atom. The van der Waals surface area contributed by atoms with Gasteiger partial charge in [-0.05, 0) is 52.0 Å². The number of ether oxygens (including phenoxy) is 1. The van der Waals surface area contributed by atoms with Gasteiger partial charge in [0, 0.05) is 11.6 Å². The number of carbonyl (C=O) groups is 2. The fourth-order valence-corrected chi connectivity index (χ4v) is 3.39. The molecule has 1 unspecified atom stereocenters. The molecule has 0 radical (unpaired) electrons. The molecule has 1 atom stereocenters. The maximum atomic E-state index is 12.5. The van der Waals surface area contributed by atoms with Crippen molar-refractivity contribution in [3.8, 4) is 0 Å². The molecule has 0 aromatic heterocycles. The van der Waals surface area contributed by atoms with E-state index in [1.165, 1.54) is 14.2 Å². The Labute approximate surface area is 127 Å². The van der Waals surface area contributed by atoms with Crippen molar-refractivity contribution in [2.24, 2.45) is 23.5 Å². The molecule has 5 heteroatoms. The van der Waals surface area contributed by atoms with E-state index in [1.807, 2.05) is 0 Å². The Hall–Kier alpha value is -1.23. The van der Waals surface area contributed by atoms with Crippen LogP contribution >= 0.6 is 0 Å². The molecule has 0 bridgehead atoms. The number of hydrogen-bond donors (Lipinski definition) is 2. The van der Waals surface area contributed by atoms with Gasteiger partial charge in [0.2, 0.25) is 0 Å². The monoisotopic (exact) mass is 296 g/mol. The molecule has 0 saturated heterocycles. The number of nitrogens with one attached hydrogen (secondary N) is 1. The van der Waals surface area contributed by atoms with Crippen LogP contribution < -0.4 is 5.73 Å². The standard InChI is InChI=1S/C15H23NO3.CH5N/c1-19-15(18)11-8-6-10(7-9-11)14(17)12-4-2-3-5-13(12)16;1-2/h10-12,16H,2-9H2,1H3;2H2,1H3. The van der Waals surface area contributed by atoms with Crippen molar-refractivity contribution < 1.29 is 14.3 Å². The second kappa shape index (κ2) is 8.93. The first-order valence-electron chi connectivity index (χ1n) is 7.90. The van der Waals surface area contributed by atoms with Gasteiger partial charge in [0.05, 0.1) is 18.9 Å². The topological polar surface area (TPSA) is 93.2 Å². The average molecular weight is 296 g/mol. The fourth-order valence-electron chi connectivity index (χ4n) is 3.39. The molecule has 2 aliphatic carbocycles. The summed E-state index contributed by atoms with van der Waals surface area (Å²) in [5, 5.41) is 7.94. The number of ketones is 1. The number of hydrogen-bond acceptors (Lipinski definition) is 5. The van der Waals surface area contributed by atoms with Gasteiger partial charge in [-0.3, -0.25) is 9.59 Å². The first kappa shape index (κ1) is 17.8. The highest BCUT2D eigenvalue weighted by molar-refractivity contribution is 6.05. The van der Waals surface area contributed by atoms with E-state index in [0.717, 1.165) is 51.4 Å². The van der Waals surface area contributed by atoms with Crippen LogP contribution in [0.15, 0.2) is 0 Å². The summed E-state index contributed by atoms with van der Waals surface area (Å²) in [5.74, 6) is 0.0157. The van der Waals surface area contributed by atoms with Gasteiger partial charge in [0.15, 0.2) is 0 Å². The third-order valence-corrected chi connectivity index (χ3v) is 4.62. The average Bonchev–Trinajstić information content (AvgIpc) is 2.56. The van der Waals surface area contributed by atoms with Crippen LogP contribution in [-0.4, -0.2) is 31.6 Å². The van der Waals surface area contributed by atoms with Crippen molar-refractivity contribution in [3.05, 3.63) is 0 Å². The van der Waals surface area contributed by atoms with Crippen LogP contribution in [0.3, 0.4) is 0 Å². The van der Waals surface area contributed by atoms with Gasteiger partial charge in [-0.15, -0.1) is 0 Å². The second-order valence-corrected chi connectivity index (χ2v) is 5.80. The summed E-state index contributed by atoms with van der Waals surface area (Å²) in [7, 11) is 2.92. The molecule has 0 spiro atoms. The van der Waals surface area contributed by atoms with Crippen LogP contribution in [0.1, 0.15) is 51.4 Å². The van der Waals surface area contributed by atoms with E-state index >= 15 is 0 Å². The lowest BCUT2D eigenvalue weighted by Crippen LogP contribution is -2.34. The summed E-state index contributed by atoms with van der Waals surface area (Å²) in [6.07, 6.45) is 6.83. The molecule has 2 rings (SSSR count). The summed E-state index contributed by atoms with van der Waals surface area (Å²) in [4.78, 5) is 23.9. The number of Topliss-reactive ketones (excluding diaryl/α,β-unsaturated/α-hetero) is 1. The van der Waals surface area contributed by atoms with Crippen molar-refractivity contribution >= 4 is 17.5 Å². The Morgan fingerprint density at radius 3 is 2.14 bits per heavy atom. The lowest BCUT2D eigenvalue weighted by molar-refractivity contribution is -0.147. The molecule has 2 saturated carbocycles. The molecule has 0 amide bonds. The number of carbonyl (C=O) groups excluding carboxylic acids is 2. The quantitative estimate of drug-likeness (QED) is 0.782. The zero-order valence-corrected chi connectivity index (χ0v) is 13.2. The van der Waals surface area contributed by atoms with E-state index < -0.39 is 0 Å². The van der Waals surface area contributed by atoms with E-state index in [9.17, 15) is 9.59 Å². The molecule has 120 valence electrons. The molecule has 0 heterocycles. The normalized spacial score (nSPS) is 29.1. The van der Waals surface area contributed by atoms with Crippen molar-refractivity contribution in [1.29, 1.82) is 5.41 Å². The zero-order chi connectivity index (χ0) is 15.8. The van der Waals surface area contributed by atoms with Crippen molar-refractivity contribution in [2.75, 3.05) is 14.2 Å². The van der Waals surface area contributed by atoms with Crippen LogP contribution in [0.2, 0.25) is 0 Å². The van der Waals surface area contributed by atoms with Gasteiger partial charge in [0.25, 0.3) is 0 Å². The summed E-state index contributed by atoms with van der Waals surface area (Å²) < 4.78 is 4.76. The second-order valence-electron chi connectivity index (χ2n) is 5.80. The largest absolute Gasteiger partial charge is 0.469 e. The maximum Gasteiger partial charge on any atom is 0.308 e. The Kier molecular flexibility index (Phi) is 7.57. The van der Waals surface area contributed by atoms with Crippen molar-refractivity contribution in [2.45, 2.75) is 51.4 Å². The number of nitrogens with two attached hydrogens (primary N) is 1. The minimum Gasteiger partial charge on any atom is -0.469 e. The Morgan fingerprint density at radius 2 is 1.62 bits per heavy atom. The van der Waals surface area contributed by atoms with E-state index in [0.29, 0.717) is 5.71 Å². The van der Waals surface area contributed by atoms with Gasteiger partial charge in [-0.1, -0.05) is 6.42 Å². The lowest BCUT2D eigenvalue weighted by atomic mass is 9.73. The molecule has 0 aromatic rings. The highest BCUT2D eigenvalue weighted by Crippen LogP contribution is 2.34. The molecule has 5 nitrogen and oxygen atoms in total. The molecule has 3 N–H and O–H groups in total. The van der Waals surface area contributed by atoms with Crippen molar-refractivity contribution in [3.63, 3.8) is 0 Å². The van der Waals surface area contributed by atoms with E-state index in [1.54, 1.807) is 0 Å². The van der Waals surface area contributed by atoms with Gasteiger partial charge < -0.3 is 15.9 Å². The highest BCUT2D eigenvalue weighted by atomic mass is 16.5. The summed E-state index contributed by atoms with van der Waals surface area (Å²) in [6.45, 7) is 0. The number of rotatable bonds is 3. The zero-order valence-electron chi connectivity index (χ0n) is 13.2. The summed E-state index contributed by atoms with van der Waals surface area (Å²) >= 11 is 0. The number of methoxy groups -OCH3 is 1. The summed E-state index contributed by atoms with van der Waals surface area (Å²) in [6, 6.07) is 0. The maximum absolute atomic E-state index is 12.5. The molecule has 2 aliphatic rings. The van der Waals surface area contributed by atoms with Crippen LogP contribution in [0.5, 0.6) is 0 Å². The van der Waals surface area contributed by atoms with Gasteiger partial charge in [-0.25, -0.2) is 0 Å². The molecule has 2 fully saturated rings. The first-order valence-corrected chi connectivity index (χ1v) is 7.90. The predicted octanol–water partition coefficient (Wildman–Crippen LogP) is 2.32. The Balaban J connectivity index is 0.00000106. The minimum absolute atomic E-state index is 0.0279. The number of esters is 1. The molecular formula is C16H28N2O3. The lowest BCUT2D eigenvalue weighted by Gasteiger charge is -2.30. The van der Waals surface area contributed by atoms with Gasteiger partial charge >= 0.3 is 5.97 Å². The SMILES string of the molecule is CN.COC(=O)C1CCC(C(=O)C2CCCCC2=N)CC1. The third-order valence-electron chi connectivity index (χ3n) is 4.62. The van der Waals surface area contributed by atoms with Gasteiger partial charge in [-0.2, -0.15) is 0 Å². The van der Waals surface area contributed by atoms with E-state index in [-0.39, 0.29) is 29.5 Å². The molecule has 0 aliphatic heterocycles. The van der Waals surface area contributed by atoms with Crippen LogP contribution in [0.25, 0.3) is 0 Å². The highest BCUT2D eigenvalue weighted by Gasteiger charge is 2.35. The van der Waals surface area contributed by atoms with Crippen LogP contribution in [-0.2, 0) is 14.3 Å². The smallest absolute Gasteiger partial charge is 0.308 e. The fraction of sp³-hybridized carbons (Fsp3) is 0.812. The molecule has 21 heavy (non-hydrogen) atoms. The van der Waals surface area contributed by atoms with Crippen LogP contribution in [0, 0.1) is 23.2 Å². The third kappa shape index (κ3) is 4.63.